The number of carbonyl (C=O) groups is 1. The molecule has 0 rings (SSSR count). The second-order valence-electron chi connectivity index (χ2n) is 2.66. The Balaban J connectivity index is 3.94. The van der Waals surface area contributed by atoms with Crippen molar-refractivity contribution in [3.63, 3.8) is 0 Å². The average Bonchev–Trinajstić information content (AvgIpc) is 1.84. The third-order valence-corrected chi connectivity index (χ3v) is 2.74. The number of hydrogen-bond donors (Lipinski definition) is 1. The normalized spacial score (nSPS) is 19.6. The van der Waals surface area contributed by atoms with Gasteiger partial charge in [0.2, 0.25) is 0 Å². The summed E-state index contributed by atoms with van der Waals surface area (Å²) >= 11 is 3.35. The summed E-state index contributed by atoms with van der Waals surface area (Å²) in [4.78, 5) is 10.7. The van der Waals surface area contributed by atoms with Crippen molar-refractivity contribution in [3.05, 3.63) is 0 Å². The molecule has 0 aliphatic rings. The Labute approximate surface area is 69.8 Å². The van der Waals surface area contributed by atoms with Gasteiger partial charge in [0.25, 0.3) is 0 Å². The number of alkyl halides is 1. The predicted octanol–water partition coefficient (Wildman–Crippen LogP) is 2.13. The lowest BCUT2D eigenvalue weighted by atomic mass is 9.94. The maximum Gasteiger partial charge on any atom is 0.306 e. The first kappa shape index (κ1) is 9.95. The minimum Gasteiger partial charge on any atom is -0.481 e. The van der Waals surface area contributed by atoms with Crippen LogP contribution in [-0.2, 0) is 4.79 Å². The molecular formula is C7H13BrO2. The molecule has 0 fully saturated rings. The van der Waals surface area contributed by atoms with Crippen molar-refractivity contribution in [2.75, 3.05) is 0 Å². The second kappa shape index (κ2) is 3.96. The summed E-state index contributed by atoms with van der Waals surface area (Å²) in [6.45, 7) is 5.62. The van der Waals surface area contributed by atoms with Crippen LogP contribution in [0.2, 0.25) is 0 Å². The van der Waals surface area contributed by atoms with Crippen molar-refractivity contribution < 1.29 is 9.90 Å². The third-order valence-electron chi connectivity index (χ3n) is 1.90. The third kappa shape index (κ3) is 2.69. The lowest BCUT2D eigenvalue weighted by Gasteiger charge is -2.17. The Morgan fingerprint density at radius 3 is 1.90 bits per heavy atom. The van der Waals surface area contributed by atoms with Gasteiger partial charge in [0.05, 0.1) is 5.92 Å². The first-order valence-corrected chi connectivity index (χ1v) is 4.25. The van der Waals surface area contributed by atoms with Crippen LogP contribution < -0.4 is 0 Å². The number of rotatable bonds is 3. The molecule has 0 aromatic carbocycles. The molecule has 0 heterocycles. The average molecular weight is 209 g/mol. The van der Waals surface area contributed by atoms with Gasteiger partial charge in [0.15, 0.2) is 0 Å². The molecule has 1 N–H and O–H groups in total. The van der Waals surface area contributed by atoms with Crippen LogP contribution in [0.3, 0.4) is 0 Å². The number of carboxylic acid groups (broad SMARTS) is 1. The van der Waals surface area contributed by atoms with E-state index in [4.69, 9.17) is 5.11 Å². The van der Waals surface area contributed by atoms with Gasteiger partial charge in [-0.25, -0.2) is 0 Å². The highest BCUT2D eigenvalue weighted by atomic mass is 79.9. The van der Waals surface area contributed by atoms with Gasteiger partial charge in [-0.3, -0.25) is 4.79 Å². The number of carboxylic acids is 1. The van der Waals surface area contributed by atoms with Crippen LogP contribution in [0, 0.1) is 11.8 Å². The van der Waals surface area contributed by atoms with E-state index < -0.39 is 5.97 Å². The summed E-state index contributed by atoms with van der Waals surface area (Å²) in [5, 5.41) is 8.58. The van der Waals surface area contributed by atoms with E-state index in [1.54, 1.807) is 6.92 Å². The van der Waals surface area contributed by atoms with Crippen molar-refractivity contribution in [2.24, 2.45) is 11.8 Å². The zero-order chi connectivity index (χ0) is 8.31. The van der Waals surface area contributed by atoms with Gasteiger partial charge in [0, 0.05) is 4.83 Å². The van der Waals surface area contributed by atoms with Crippen molar-refractivity contribution in [1.29, 1.82) is 0 Å². The van der Waals surface area contributed by atoms with Crippen molar-refractivity contribution in [1.82, 2.24) is 0 Å². The largest absolute Gasteiger partial charge is 0.481 e. The van der Waals surface area contributed by atoms with Gasteiger partial charge >= 0.3 is 5.97 Å². The van der Waals surface area contributed by atoms with Crippen molar-refractivity contribution >= 4 is 21.9 Å². The molecule has 0 spiro atoms. The fourth-order valence-corrected chi connectivity index (χ4v) is 1.08. The summed E-state index contributed by atoms with van der Waals surface area (Å²) in [5.41, 5.74) is 0. The number of hydrogen-bond acceptors (Lipinski definition) is 1. The molecule has 0 saturated carbocycles. The van der Waals surface area contributed by atoms with Crippen LogP contribution >= 0.6 is 15.9 Å². The molecule has 0 saturated heterocycles. The van der Waals surface area contributed by atoms with Gasteiger partial charge in [-0.05, 0) is 5.92 Å². The molecular weight excluding hydrogens is 196 g/mol. The quantitative estimate of drug-likeness (QED) is 0.723. The van der Waals surface area contributed by atoms with Gasteiger partial charge in [-0.1, -0.05) is 36.7 Å². The molecule has 2 nitrogen and oxygen atoms in total. The SMILES string of the molecule is CC(Br)C(C)C(C)C(=O)O. The van der Waals surface area contributed by atoms with Crippen LogP contribution in [0.4, 0.5) is 0 Å². The lowest BCUT2D eigenvalue weighted by Crippen LogP contribution is -2.23. The highest BCUT2D eigenvalue weighted by Gasteiger charge is 2.22. The van der Waals surface area contributed by atoms with Crippen LogP contribution in [-0.4, -0.2) is 15.9 Å². The van der Waals surface area contributed by atoms with Gasteiger partial charge < -0.3 is 5.11 Å². The smallest absolute Gasteiger partial charge is 0.306 e. The van der Waals surface area contributed by atoms with E-state index in [0.29, 0.717) is 0 Å². The van der Waals surface area contributed by atoms with Gasteiger partial charge in [-0.15, -0.1) is 0 Å². The Kier molecular flexibility index (Phi) is 3.94. The molecule has 0 amide bonds. The van der Waals surface area contributed by atoms with E-state index in [1.807, 2.05) is 13.8 Å². The molecule has 0 aromatic heterocycles. The minimum absolute atomic E-state index is 0.178. The molecule has 0 radical (unpaired) electrons. The first-order valence-electron chi connectivity index (χ1n) is 3.33. The van der Waals surface area contributed by atoms with Gasteiger partial charge in [0.1, 0.15) is 0 Å². The fourth-order valence-electron chi connectivity index (χ4n) is 0.623. The van der Waals surface area contributed by atoms with Gasteiger partial charge in [-0.2, -0.15) is 0 Å². The van der Waals surface area contributed by atoms with Crippen LogP contribution in [0.5, 0.6) is 0 Å². The molecule has 10 heavy (non-hydrogen) atoms. The molecule has 3 atom stereocenters. The molecule has 0 bridgehead atoms. The summed E-state index contributed by atoms with van der Waals surface area (Å²) in [6.07, 6.45) is 0. The summed E-state index contributed by atoms with van der Waals surface area (Å²) in [6, 6.07) is 0. The molecule has 3 unspecified atom stereocenters. The van der Waals surface area contributed by atoms with E-state index >= 15 is 0 Å². The van der Waals surface area contributed by atoms with Crippen molar-refractivity contribution in [2.45, 2.75) is 25.6 Å². The Morgan fingerprint density at radius 1 is 1.40 bits per heavy atom. The molecule has 0 aliphatic carbocycles. The summed E-state index contributed by atoms with van der Waals surface area (Å²) in [5.74, 6) is -0.814. The van der Waals surface area contributed by atoms with Crippen LogP contribution in [0.25, 0.3) is 0 Å². The second-order valence-corrected chi connectivity index (χ2v) is 4.11. The lowest BCUT2D eigenvalue weighted by molar-refractivity contribution is -0.142. The summed E-state index contributed by atoms with van der Waals surface area (Å²) < 4.78 is 0. The number of halogens is 1. The monoisotopic (exact) mass is 208 g/mol. The highest BCUT2D eigenvalue weighted by Crippen LogP contribution is 2.20. The zero-order valence-electron chi connectivity index (χ0n) is 6.47. The standard InChI is InChI=1S/C7H13BrO2/c1-4(6(3)8)5(2)7(9)10/h4-6H,1-3H3,(H,9,10). The molecule has 0 aromatic rings. The molecule has 0 aliphatic heterocycles. The van der Waals surface area contributed by atoms with Crippen LogP contribution in [0.15, 0.2) is 0 Å². The van der Waals surface area contributed by atoms with E-state index in [2.05, 4.69) is 15.9 Å². The zero-order valence-corrected chi connectivity index (χ0v) is 8.05. The van der Waals surface area contributed by atoms with Crippen LogP contribution in [0.1, 0.15) is 20.8 Å². The first-order chi connectivity index (χ1) is 4.46. The fraction of sp³-hybridized carbons (Fsp3) is 0.857. The highest BCUT2D eigenvalue weighted by molar-refractivity contribution is 9.09. The topological polar surface area (TPSA) is 37.3 Å². The Hall–Kier alpha value is -0.0500. The molecule has 60 valence electrons. The van der Waals surface area contributed by atoms with Crippen molar-refractivity contribution in [3.8, 4) is 0 Å². The van der Waals surface area contributed by atoms with E-state index in [1.165, 1.54) is 0 Å². The predicted molar refractivity (Wildman–Crippen MR) is 44.4 cm³/mol. The Morgan fingerprint density at radius 2 is 1.80 bits per heavy atom. The maximum atomic E-state index is 10.4. The maximum absolute atomic E-state index is 10.4. The molecule has 3 heteroatoms. The Bertz CT molecular complexity index is 123. The van der Waals surface area contributed by atoms with E-state index in [9.17, 15) is 4.79 Å². The minimum atomic E-state index is -0.723. The van der Waals surface area contributed by atoms with E-state index in [-0.39, 0.29) is 16.7 Å². The number of aliphatic carboxylic acids is 1. The summed E-state index contributed by atoms with van der Waals surface area (Å²) in [7, 11) is 0. The van der Waals surface area contributed by atoms with E-state index in [0.717, 1.165) is 0 Å².